The smallest absolute Gasteiger partial charge is 0.314 e. The van der Waals surface area contributed by atoms with Crippen LogP contribution in [-0.4, -0.2) is 25.5 Å². The maximum atomic E-state index is 13.1. The number of methoxy groups -OCH3 is 1. The molecule has 34 heavy (non-hydrogen) atoms. The molecular formula is C23H17ClN4O5S. The number of aromatic nitrogens is 2. The van der Waals surface area contributed by atoms with Crippen molar-refractivity contribution in [2.75, 3.05) is 11.8 Å². The number of nitriles is 1. The Kier molecular flexibility index (Phi) is 5.91. The fourth-order valence-electron chi connectivity index (χ4n) is 3.52. The van der Waals surface area contributed by atoms with Crippen LogP contribution in [0.4, 0.5) is 5.69 Å². The highest BCUT2D eigenvalue weighted by Gasteiger charge is 2.19. The molecule has 4 rings (SSSR count). The zero-order chi connectivity index (χ0) is 24.6. The summed E-state index contributed by atoms with van der Waals surface area (Å²) in [5.41, 5.74) is 1.07. The Bertz CT molecular complexity index is 1720. The van der Waals surface area contributed by atoms with Crippen LogP contribution in [0.1, 0.15) is 11.1 Å². The van der Waals surface area contributed by atoms with E-state index in [1.165, 1.54) is 25.3 Å². The van der Waals surface area contributed by atoms with Crippen LogP contribution in [0.15, 0.2) is 63.0 Å². The topological polar surface area (TPSA) is 145 Å². The second-order valence-electron chi connectivity index (χ2n) is 7.40. The lowest BCUT2D eigenvalue weighted by molar-refractivity contribution is 0.413. The van der Waals surface area contributed by atoms with Crippen LogP contribution in [0.2, 0.25) is 5.02 Å². The zero-order valence-corrected chi connectivity index (χ0v) is 19.5. The average Bonchev–Trinajstić information content (AvgIpc) is 2.79. The first-order valence-electron chi connectivity index (χ1n) is 9.81. The van der Waals surface area contributed by atoms with Crippen LogP contribution in [0.3, 0.4) is 0 Å². The van der Waals surface area contributed by atoms with E-state index in [9.17, 15) is 18.0 Å². The van der Waals surface area contributed by atoms with E-state index in [-0.39, 0.29) is 21.1 Å². The molecule has 3 aromatic carbocycles. The maximum Gasteiger partial charge on any atom is 0.314 e. The van der Waals surface area contributed by atoms with Crippen LogP contribution in [-0.2, 0) is 10.0 Å². The summed E-state index contributed by atoms with van der Waals surface area (Å²) in [6, 6.07) is 14.5. The lowest BCUT2D eigenvalue weighted by Crippen LogP contribution is -2.29. The van der Waals surface area contributed by atoms with E-state index in [2.05, 4.69) is 14.7 Å². The van der Waals surface area contributed by atoms with Crippen molar-refractivity contribution >= 4 is 38.3 Å². The molecule has 0 amide bonds. The van der Waals surface area contributed by atoms with Gasteiger partial charge in [-0.15, -0.1) is 0 Å². The van der Waals surface area contributed by atoms with Gasteiger partial charge >= 0.3 is 11.1 Å². The highest BCUT2D eigenvalue weighted by Crippen LogP contribution is 2.34. The number of fused-ring (bicyclic) bond motifs is 1. The molecule has 0 aliphatic rings. The Morgan fingerprint density at radius 1 is 1.00 bits per heavy atom. The SMILES string of the molecule is COc1cc(-c2ccc(NS(=O)(=O)c3cc4[nH]c(=O)c(=O)[nH]c4cc3C)cc2Cl)ccc1C#N. The average molecular weight is 497 g/mol. The molecule has 172 valence electrons. The van der Waals surface area contributed by atoms with Gasteiger partial charge in [0.15, 0.2) is 0 Å². The van der Waals surface area contributed by atoms with Crippen LogP contribution in [0.5, 0.6) is 5.75 Å². The number of nitrogens with one attached hydrogen (secondary N) is 3. The molecule has 1 heterocycles. The number of benzene rings is 3. The Hall–Kier alpha value is -4.07. The van der Waals surface area contributed by atoms with Crippen molar-refractivity contribution in [3.63, 3.8) is 0 Å². The Morgan fingerprint density at radius 3 is 2.29 bits per heavy atom. The number of rotatable bonds is 5. The number of hydrogen-bond acceptors (Lipinski definition) is 6. The summed E-state index contributed by atoms with van der Waals surface area (Å²) in [6.07, 6.45) is 0. The van der Waals surface area contributed by atoms with E-state index in [1.54, 1.807) is 37.3 Å². The summed E-state index contributed by atoms with van der Waals surface area (Å²) in [7, 11) is -2.59. The zero-order valence-electron chi connectivity index (χ0n) is 17.9. The Morgan fingerprint density at radius 2 is 1.68 bits per heavy atom. The van der Waals surface area contributed by atoms with Crippen LogP contribution in [0, 0.1) is 18.3 Å². The van der Waals surface area contributed by atoms with E-state index in [1.807, 2.05) is 6.07 Å². The molecule has 3 N–H and O–H groups in total. The molecule has 0 spiro atoms. The van der Waals surface area contributed by atoms with Gasteiger partial charge in [0.1, 0.15) is 11.8 Å². The first kappa shape index (κ1) is 23.1. The molecule has 11 heteroatoms. The van der Waals surface area contributed by atoms with Crippen molar-refractivity contribution < 1.29 is 13.2 Å². The number of ether oxygens (including phenoxy) is 1. The molecule has 0 unspecified atom stereocenters. The highest BCUT2D eigenvalue weighted by molar-refractivity contribution is 7.92. The second-order valence-corrected chi connectivity index (χ2v) is 9.46. The predicted molar refractivity (Wildman–Crippen MR) is 129 cm³/mol. The summed E-state index contributed by atoms with van der Waals surface area (Å²) in [4.78, 5) is 27.9. The molecule has 0 saturated carbocycles. The number of sulfonamides is 1. The fraction of sp³-hybridized carbons (Fsp3) is 0.0870. The largest absolute Gasteiger partial charge is 0.495 e. The molecule has 0 radical (unpaired) electrons. The molecule has 0 bridgehead atoms. The summed E-state index contributed by atoms with van der Waals surface area (Å²) < 4.78 is 33.9. The van der Waals surface area contributed by atoms with Crippen molar-refractivity contribution in [2.45, 2.75) is 11.8 Å². The number of hydrogen-bond donors (Lipinski definition) is 3. The van der Waals surface area contributed by atoms with Gasteiger partial charge in [0.2, 0.25) is 0 Å². The number of aryl methyl sites for hydroxylation is 1. The van der Waals surface area contributed by atoms with E-state index < -0.39 is 21.1 Å². The quantitative estimate of drug-likeness (QED) is 0.360. The standard InChI is InChI=1S/C23H17ClN4O5S/c1-12-7-18-19(27-23(30)22(29)26-18)10-21(12)34(31,32)28-15-5-6-16(17(24)9-15)13-3-4-14(11-25)20(8-13)33-2/h3-10,28H,1-2H3,(H,26,29)(H,27,30). The third-order valence-electron chi connectivity index (χ3n) is 5.16. The lowest BCUT2D eigenvalue weighted by atomic mass is 10.0. The molecular weight excluding hydrogens is 480 g/mol. The molecule has 0 fully saturated rings. The van der Waals surface area contributed by atoms with Crippen LogP contribution >= 0.6 is 11.6 Å². The Labute approximate surface area is 198 Å². The molecule has 1 aromatic heterocycles. The van der Waals surface area contributed by atoms with Crippen molar-refractivity contribution in [2.24, 2.45) is 0 Å². The molecule has 4 aromatic rings. The van der Waals surface area contributed by atoms with E-state index in [4.69, 9.17) is 21.6 Å². The van der Waals surface area contributed by atoms with Crippen LogP contribution < -0.4 is 20.6 Å². The van der Waals surface area contributed by atoms with E-state index in [0.29, 0.717) is 33.5 Å². The van der Waals surface area contributed by atoms with Gasteiger partial charge < -0.3 is 14.7 Å². The molecule has 9 nitrogen and oxygen atoms in total. The summed E-state index contributed by atoms with van der Waals surface area (Å²) in [5.74, 6) is 0.395. The predicted octanol–water partition coefficient (Wildman–Crippen LogP) is 3.53. The number of anilines is 1. The minimum Gasteiger partial charge on any atom is -0.495 e. The van der Waals surface area contributed by atoms with Crippen molar-refractivity contribution in [3.05, 3.63) is 85.4 Å². The molecule has 0 saturated heterocycles. The normalized spacial score (nSPS) is 11.2. The fourth-order valence-corrected chi connectivity index (χ4v) is 5.11. The van der Waals surface area contributed by atoms with Gasteiger partial charge in [0, 0.05) is 5.56 Å². The van der Waals surface area contributed by atoms with Gasteiger partial charge in [-0.05, 0) is 54.4 Å². The number of halogens is 1. The van der Waals surface area contributed by atoms with Crippen molar-refractivity contribution in [3.8, 4) is 22.9 Å². The van der Waals surface area contributed by atoms with Gasteiger partial charge in [0.25, 0.3) is 10.0 Å². The summed E-state index contributed by atoms with van der Waals surface area (Å²) >= 11 is 6.44. The van der Waals surface area contributed by atoms with Gasteiger partial charge in [-0.3, -0.25) is 14.3 Å². The van der Waals surface area contributed by atoms with E-state index in [0.717, 1.165) is 0 Å². The van der Waals surface area contributed by atoms with E-state index >= 15 is 0 Å². The number of aromatic amines is 2. The molecule has 0 atom stereocenters. The second kappa shape index (κ2) is 8.70. The minimum absolute atomic E-state index is 0.0697. The lowest BCUT2D eigenvalue weighted by Gasteiger charge is -2.13. The van der Waals surface area contributed by atoms with Gasteiger partial charge in [0.05, 0.1) is 39.3 Å². The number of nitrogens with zero attached hydrogens (tertiary/aromatic N) is 1. The number of H-pyrrole nitrogens is 2. The minimum atomic E-state index is -4.05. The first-order valence-corrected chi connectivity index (χ1v) is 11.7. The van der Waals surface area contributed by atoms with Gasteiger partial charge in [-0.25, -0.2) is 8.42 Å². The van der Waals surface area contributed by atoms with Crippen molar-refractivity contribution in [1.29, 1.82) is 5.26 Å². The Balaban J connectivity index is 1.69. The van der Waals surface area contributed by atoms with Crippen molar-refractivity contribution in [1.82, 2.24) is 9.97 Å². The van der Waals surface area contributed by atoms with Gasteiger partial charge in [-0.2, -0.15) is 5.26 Å². The summed E-state index contributed by atoms with van der Waals surface area (Å²) in [6.45, 7) is 1.58. The molecule has 0 aliphatic heterocycles. The first-order chi connectivity index (χ1) is 16.1. The highest BCUT2D eigenvalue weighted by atomic mass is 35.5. The van der Waals surface area contributed by atoms with Gasteiger partial charge in [-0.1, -0.05) is 23.7 Å². The maximum absolute atomic E-state index is 13.1. The third-order valence-corrected chi connectivity index (χ3v) is 7.00. The summed E-state index contributed by atoms with van der Waals surface area (Å²) in [5, 5.41) is 9.44. The monoisotopic (exact) mass is 496 g/mol. The molecule has 0 aliphatic carbocycles. The third kappa shape index (κ3) is 4.26. The van der Waals surface area contributed by atoms with Crippen LogP contribution in [0.25, 0.3) is 22.2 Å².